The minimum atomic E-state index is -0.659. The number of H-pyrrole nitrogens is 2. The number of fused-ring (bicyclic) bond motifs is 2. The van der Waals surface area contributed by atoms with Gasteiger partial charge in [-0.3, -0.25) is 9.59 Å². The molecule has 0 saturated carbocycles. The standard InChI is InChI=1S/C24H14Br2N6O4/c25-13-5-7-17-15(9-13)19(23(35)27-17)29-31-21(33)11-1-2-12(4-3-11)22(34)32-30-20-16-10-14(26)6-8-18(16)28-24(20)36/h1-10,27-28,35-36H. The van der Waals surface area contributed by atoms with Crippen LogP contribution in [0.15, 0.2) is 90.1 Å². The zero-order valence-electron chi connectivity index (χ0n) is 18.0. The molecule has 2 heterocycles. The van der Waals surface area contributed by atoms with Crippen LogP contribution < -0.4 is 0 Å². The number of nitrogens with one attached hydrogen (secondary N) is 2. The molecule has 0 aliphatic heterocycles. The fourth-order valence-corrected chi connectivity index (χ4v) is 4.26. The van der Waals surface area contributed by atoms with Crippen molar-refractivity contribution in [3.05, 3.63) is 80.7 Å². The van der Waals surface area contributed by atoms with Crippen LogP contribution in [0.2, 0.25) is 0 Å². The van der Waals surface area contributed by atoms with Crippen molar-refractivity contribution in [2.45, 2.75) is 0 Å². The zero-order chi connectivity index (χ0) is 25.4. The highest BCUT2D eigenvalue weighted by Crippen LogP contribution is 2.38. The molecule has 0 aliphatic carbocycles. The fourth-order valence-electron chi connectivity index (χ4n) is 3.54. The number of aromatic nitrogens is 2. The van der Waals surface area contributed by atoms with Gasteiger partial charge in [0, 0.05) is 30.8 Å². The van der Waals surface area contributed by atoms with Crippen LogP contribution in [0.1, 0.15) is 20.7 Å². The Balaban J connectivity index is 1.33. The second kappa shape index (κ2) is 9.47. The SMILES string of the molecule is O=C(N=Nc1c(O)[nH]c2ccc(Br)cc12)c1ccc(C(=O)N=Nc2c(O)[nH]c3ccc(Br)cc23)cc1. The molecule has 0 fully saturated rings. The number of aromatic hydroxyl groups is 2. The van der Waals surface area contributed by atoms with Crippen LogP contribution in [0.25, 0.3) is 21.8 Å². The molecule has 0 radical (unpaired) electrons. The van der Waals surface area contributed by atoms with E-state index in [1.165, 1.54) is 24.3 Å². The molecule has 36 heavy (non-hydrogen) atoms. The average molecular weight is 610 g/mol. The van der Waals surface area contributed by atoms with E-state index < -0.39 is 11.8 Å². The highest BCUT2D eigenvalue weighted by atomic mass is 79.9. The normalized spacial score (nSPS) is 11.8. The number of hydrogen-bond acceptors (Lipinski definition) is 6. The Bertz CT molecular complexity index is 1590. The van der Waals surface area contributed by atoms with Crippen molar-refractivity contribution in [2.75, 3.05) is 0 Å². The molecule has 0 aliphatic rings. The van der Waals surface area contributed by atoms with Gasteiger partial charge >= 0.3 is 0 Å². The Hall–Kier alpha value is -4.16. The van der Waals surface area contributed by atoms with Crippen molar-refractivity contribution < 1.29 is 19.8 Å². The highest BCUT2D eigenvalue weighted by Gasteiger charge is 2.14. The van der Waals surface area contributed by atoms with E-state index in [9.17, 15) is 19.8 Å². The number of azo groups is 2. The summed E-state index contributed by atoms with van der Waals surface area (Å²) in [5.41, 5.74) is 1.93. The van der Waals surface area contributed by atoms with Gasteiger partial charge in [-0.05, 0) is 60.7 Å². The van der Waals surface area contributed by atoms with Crippen LogP contribution in [0.4, 0.5) is 11.4 Å². The Morgan fingerprint density at radius 2 is 1.03 bits per heavy atom. The number of hydrogen-bond donors (Lipinski definition) is 4. The van der Waals surface area contributed by atoms with E-state index >= 15 is 0 Å². The van der Waals surface area contributed by atoms with Crippen molar-refractivity contribution in [2.24, 2.45) is 20.5 Å². The first-order valence-electron chi connectivity index (χ1n) is 10.3. The van der Waals surface area contributed by atoms with E-state index in [4.69, 9.17) is 0 Å². The van der Waals surface area contributed by atoms with E-state index in [1.54, 1.807) is 36.4 Å². The molecule has 0 bridgehead atoms. The van der Waals surface area contributed by atoms with Crippen molar-refractivity contribution >= 4 is 76.9 Å². The molecule has 10 nitrogen and oxygen atoms in total. The zero-order valence-corrected chi connectivity index (χ0v) is 21.2. The van der Waals surface area contributed by atoms with Gasteiger partial charge in [-0.1, -0.05) is 31.9 Å². The summed E-state index contributed by atoms with van der Waals surface area (Å²) in [6, 6.07) is 16.3. The lowest BCUT2D eigenvalue weighted by molar-refractivity contribution is 0.0983. The predicted molar refractivity (Wildman–Crippen MR) is 139 cm³/mol. The van der Waals surface area contributed by atoms with Crippen molar-refractivity contribution in [1.29, 1.82) is 0 Å². The summed E-state index contributed by atoms with van der Waals surface area (Å²) in [7, 11) is 0. The minimum absolute atomic E-state index is 0.138. The molecule has 0 saturated heterocycles. The Morgan fingerprint density at radius 3 is 1.42 bits per heavy atom. The second-order valence-electron chi connectivity index (χ2n) is 7.61. The molecule has 5 rings (SSSR count). The van der Waals surface area contributed by atoms with Crippen LogP contribution in [0.3, 0.4) is 0 Å². The largest absolute Gasteiger partial charge is 0.493 e. The Labute approximate surface area is 219 Å². The molecule has 2 amide bonds. The summed E-state index contributed by atoms with van der Waals surface area (Å²) in [4.78, 5) is 30.5. The van der Waals surface area contributed by atoms with Gasteiger partial charge in [-0.2, -0.15) is 0 Å². The fraction of sp³-hybridized carbons (Fsp3) is 0. The molecule has 4 N–H and O–H groups in total. The third kappa shape index (κ3) is 4.55. The maximum atomic E-state index is 12.5. The number of rotatable bonds is 4. The Kier molecular flexibility index (Phi) is 6.20. The third-order valence-corrected chi connectivity index (χ3v) is 6.28. The van der Waals surface area contributed by atoms with E-state index in [1.807, 2.05) is 0 Å². The van der Waals surface area contributed by atoms with Crippen LogP contribution in [-0.2, 0) is 0 Å². The molecule has 3 aromatic carbocycles. The number of carbonyl (C=O) groups excluding carboxylic acids is 2. The van der Waals surface area contributed by atoms with E-state index in [2.05, 4.69) is 62.3 Å². The van der Waals surface area contributed by atoms with Gasteiger partial charge in [0.2, 0.25) is 11.8 Å². The van der Waals surface area contributed by atoms with E-state index in [0.717, 1.165) is 8.95 Å². The van der Waals surface area contributed by atoms with E-state index in [-0.39, 0.29) is 34.3 Å². The summed E-state index contributed by atoms with van der Waals surface area (Å²) in [5.74, 6) is -1.73. The van der Waals surface area contributed by atoms with Gasteiger partial charge in [-0.25, -0.2) is 0 Å². The molecule has 0 unspecified atom stereocenters. The highest BCUT2D eigenvalue weighted by molar-refractivity contribution is 9.10. The minimum Gasteiger partial charge on any atom is -0.493 e. The maximum Gasteiger partial charge on any atom is 0.295 e. The number of halogens is 2. The summed E-state index contributed by atoms with van der Waals surface area (Å²) in [6.45, 7) is 0. The van der Waals surface area contributed by atoms with Gasteiger partial charge in [-0.15, -0.1) is 20.5 Å². The first-order valence-corrected chi connectivity index (χ1v) is 11.9. The average Bonchev–Trinajstić information content (AvgIpc) is 3.35. The van der Waals surface area contributed by atoms with Gasteiger partial charge < -0.3 is 20.2 Å². The number of benzene rings is 3. The summed E-state index contributed by atoms with van der Waals surface area (Å²) < 4.78 is 1.56. The van der Waals surface area contributed by atoms with Gasteiger partial charge in [0.05, 0.1) is 11.0 Å². The molecular weight excluding hydrogens is 596 g/mol. The number of nitrogens with zero attached hydrogens (tertiary/aromatic N) is 4. The van der Waals surface area contributed by atoms with Gasteiger partial charge in [0.25, 0.3) is 11.8 Å². The molecule has 0 spiro atoms. The summed E-state index contributed by atoms with van der Waals surface area (Å²) >= 11 is 6.72. The first-order chi connectivity index (χ1) is 17.3. The van der Waals surface area contributed by atoms with Crippen molar-refractivity contribution in [3.63, 3.8) is 0 Å². The molecule has 5 aromatic rings. The molecule has 12 heteroatoms. The summed E-state index contributed by atoms with van der Waals surface area (Å²) in [6.07, 6.45) is 0. The second-order valence-corrected chi connectivity index (χ2v) is 9.44. The van der Waals surface area contributed by atoms with Crippen molar-refractivity contribution in [1.82, 2.24) is 9.97 Å². The lowest BCUT2D eigenvalue weighted by Gasteiger charge is -1.98. The Morgan fingerprint density at radius 1 is 0.639 bits per heavy atom. The lowest BCUT2D eigenvalue weighted by atomic mass is 10.1. The molecule has 2 aromatic heterocycles. The quantitative estimate of drug-likeness (QED) is 0.156. The smallest absolute Gasteiger partial charge is 0.295 e. The predicted octanol–water partition coefficient (Wildman–Crippen LogP) is 7.43. The number of carbonyl (C=O) groups is 2. The maximum absolute atomic E-state index is 12.5. The monoisotopic (exact) mass is 608 g/mol. The summed E-state index contributed by atoms with van der Waals surface area (Å²) in [5, 5.41) is 36.6. The van der Waals surface area contributed by atoms with Crippen LogP contribution >= 0.6 is 31.9 Å². The van der Waals surface area contributed by atoms with Crippen LogP contribution in [-0.4, -0.2) is 32.0 Å². The third-order valence-electron chi connectivity index (χ3n) is 5.29. The van der Waals surface area contributed by atoms with Crippen molar-refractivity contribution in [3.8, 4) is 11.8 Å². The lowest BCUT2D eigenvalue weighted by Crippen LogP contribution is -1.97. The molecular formula is C24H14Br2N6O4. The molecule has 0 atom stereocenters. The van der Waals surface area contributed by atoms with Crippen LogP contribution in [0.5, 0.6) is 11.8 Å². The number of aromatic amines is 2. The topological polar surface area (TPSA) is 156 Å². The van der Waals surface area contributed by atoms with Crippen LogP contribution in [0, 0.1) is 0 Å². The molecule has 178 valence electrons. The first kappa shape index (κ1) is 23.6. The van der Waals surface area contributed by atoms with Gasteiger partial charge in [0.1, 0.15) is 0 Å². The van der Waals surface area contributed by atoms with E-state index in [0.29, 0.717) is 21.8 Å². The van der Waals surface area contributed by atoms with Gasteiger partial charge in [0.15, 0.2) is 11.4 Å². The number of amides is 2.